The molecule has 0 unspecified atom stereocenters. The molecule has 1 aromatic heterocycles. The van der Waals surface area contributed by atoms with Crippen LogP contribution in [0.4, 0.5) is 18.9 Å². The highest BCUT2D eigenvalue weighted by Crippen LogP contribution is 2.38. The fraction of sp³-hybridized carbons (Fsp3) is 0.217. The van der Waals surface area contributed by atoms with Crippen LogP contribution in [0.5, 0.6) is 5.75 Å². The van der Waals surface area contributed by atoms with Gasteiger partial charge in [-0.2, -0.15) is 0 Å². The van der Waals surface area contributed by atoms with E-state index in [1.807, 2.05) is 0 Å². The maximum atomic E-state index is 13.9. The van der Waals surface area contributed by atoms with Gasteiger partial charge in [0, 0.05) is 34.6 Å². The third-order valence-corrected chi connectivity index (χ3v) is 5.22. The van der Waals surface area contributed by atoms with Gasteiger partial charge in [0.05, 0.1) is 17.8 Å². The fourth-order valence-corrected chi connectivity index (χ4v) is 3.61. The second kappa shape index (κ2) is 7.70. The van der Waals surface area contributed by atoms with Crippen molar-refractivity contribution in [3.8, 4) is 17.0 Å². The van der Waals surface area contributed by atoms with Crippen LogP contribution in [0.3, 0.4) is 0 Å². The van der Waals surface area contributed by atoms with E-state index in [0.29, 0.717) is 22.4 Å². The Balaban J connectivity index is 1.76. The molecule has 0 fully saturated rings. The summed E-state index contributed by atoms with van der Waals surface area (Å²) in [7, 11) is 0. The summed E-state index contributed by atoms with van der Waals surface area (Å²) < 4.78 is 45.2. The molecule has 0 aliphatic carbocycles. The Morgan fingerprint density at radius 1 is 1.10 bits per heavy atom. The minimum absolute atomic E-state index is 0.0560. The number of hydrogen-bond acceptors (Lipinski definition) is 4. The molecule has 31 heavy (non-hydrogen) atoms. The maximum Gasteiger partial charge on any atom is 0.259 e. The Kier molecular flexibility index (Phi) is 5.18. The molecule has 1 aliphatic rings. The van der Waals surface area contributed by atoms with Gasteiger partial charge in [-0.1, -0.05) is 12.1 Å². The van der Waals surface area contributed by atoms with E-state index < -0.39 is 24.1 Å². The third-order valence-electron chi connectivity index (χ3n) is 5.22. The zero-order valence-electron chi connectivity index (χ0n) is 16.8. The van der Waals surface area contributed by atoms with E-state index in [-0.39, 0.29) is 29.5 Å². The van der Waals surface area contributed by atoms with E-state index in [2.05, 4.69) is 4.98 Å². The topological polar surface area (TPSA) is 62.7 Å². The molecule has 8 heteroatoms. The van der Waals surface area contributed by atoms with Crippen LogP contribution in [0.15, 0.2) is 48.7 Å². The van der Waals surface area contributed by atoms with Crippen molar-refractivity contribution in [1.82, 2.24) is 4.98 Å². The molecule has 2 aromatic carbocycles. The highest BCUT2D eigenvalue weighted by molar-refractivity contribution is 6.11. The van der Waals surface area contributed by atoms with Crippen LogP contribution in [0.25, 0.3) is 11.3 Å². The number of anilines is 1. The number of aromatic nitrogens is 1. The quantitative estimate of drug-likeness (QED) is 0.639. The number of nitrogens with zero attached hydrogens (tertiary/aromatic N) is 2. The van der Waals surface area contributed by atoms with Crippen LogP contribution in [-0.4, -0.2) is 22.9 Å². The monoisotopic (exact) mass is 428 g/mol. The van der Waals surface area contributed by atoms with Crippen molar-refractivity contribution < 1.29 is 27.8 Å². The summed E-state index contributed by atoms with van der Waals surface area (Å²) in [6.45, 7) is 2.23. The Hall–Kier alpha value is -3.39. The second-order valence-corrected chi connectivity index (χ2v) is 7.70. The highest BCUT2D eigenvalue weighted by atomic mass is 19.2. The molecule has 0 atom stereocenters. The molecule has 1 amide bonds. The zero-order valence-corrected chi connectivity index (χ0v) is 16.8. The SMILES string of the molecule is CC(C)(O)c1ccc(N2Cc3c(ccnc3-c3cc(F)c(F)cc3OCF)C2=O)cc1. The van der Waals surface area contributed by atoms with Gasteiger partial charge in [-0.3, -0.25) is 9.78 Å². The Morgan fingerprint density at radius 2 is 1.77 bits per heavy atom. The van der Waals surface area contributed by atoms with Crippen LogP contribution in [0, 0.1) is 11.6 Å². The Morgan fingerprint density at radius 3 is 2.42 bits per heavy atom. The fourth-order valence-electron chi connectivity index (χ4n) is 3.61. The van der Waals surface area contributed by atoms with Crippen LogP contribution < -0.4 is 9.64 Å². The van der Waals surface area contributed by atoms with E-state index in [4.69, 9.17) is 4.74 Å². The van der Waals surface area contributed by atoms with E-state index in [1.54, 1.807) is 44.2 Å². The summed E-state index contributed by atoms with van der Waals surface area (Å²) in [5.74, 6) is -2.80. The summed E-state index contributed by atoms with van der Waals surface area (Å²) >= 11 is 0. The van der Waals surface area contributed by atoms with Gasteiger partial charge >= 0.3 is 0 Å². The summed E-state index contributed by atoms with van der Waals surface area (Å²) in [6.07, 6.45) is 1.38. The van der Waals surface area contributed by atoms with E-state index in [9.17, 15) is 23.1 Å². The summed E-state index contributed by atoms with van der Waals surface area (Å²) in [5.41, 5.74) is 1.39. The van der Waals surface area contributed by atoms with E-state index in [1.165, 1.54) is 11.1 Å². The van der Waals surface area contributed by atoms with E-state index in [0.717, 1.165) is 12.1 Å². The highest BCUT2D eigenvalue weighted by Gasteiger charge is 2.32. The van der Waals surface area contributed by atoms with Gasteiger partial charge in [-0.25, -0.2) is 13.2 Å². The predicted molar refractivity (Wildman–Crippen MR) is 108 cm³/mol. The molecule has 0 saturated carbocycles. The van der Waals surface area contributed by atoms with Crippen LogP contribution in [0.1, 0.15) is 35.3 Å². The molecule has 5 nitrogen and oxygen atoms in total. The summed E-state index contributed by atoms with van der Waals surface area (Å²) in [5, 5.41) is 10.1. The number of carbonyl (C=O) groups excluding carboxylic acids is 1. The molecule has 0 spiro atoms. The third kappa shape index (κ3) is 3.74. The number of halogens is 3. The first-order chi connectivity index (χ1) is 14.7. The standard InChI is InChI=1S/C23H19F3N2O3/c1-23(2,30)13-3-5-14(6-4-13)28-11-17-15(22(28)29)7-8-27-21(17)16-9-18(25)19(26)10-20(16)31-12-24/h3-10,30H,11-12H2,1-2H3. The number of ether oxygens (including phenoxy) is 1. The van der Waals surface area contributed by atoms with Crippen molar-refractivity contribution in [3.63, 3.8) is 0 Å². The van der Waals surface area contributed by atoms with Gasteiger partial charge in [-0.05, 0) is 43.7 Å². The minimum Gasteiger partial charge on any atom is -0.462 e. The van der Waals surface area contributed by atoms with Gasteiger partial charge in [0.1, 0.15) is 5.75 Å². The number of carbonyl (C=O) groups is 1. The minimum atomic E-state index is -1.23. The summed E-state index contributed by atoms with van der Waals surface area (Å²) in [6, 6.07) is 10.1. The molecular weight excluding hydrogens is 409 g/mol. The molecule has 0 bridgehead atoms. The Labute approximate surface area is 176 Å². The lowest BCUT2D eigenvalue weighted by Crippen LogP contribution is -2.23. The number of aliphatic hydroxyl groups is 1. The molecule has 160 valence electrons. The van der Waals surface area contributed by atoms with Crippen molar-refractivity contribution in [2.24, 2.45) is 0 Å². The Bertz CT molecular complexity index is 1160. The number of hydrogen-bond donors (Lipinski definition) is 1. The lowest BCUT2D eigenvalue weighted by molar-refractivity contribution is 0.0786. The first-order valence-corrected chi connectivity index (χ1v) is 9.51. The molecule has 0 radical (unpaired) electrons. The van der Waals surface area contributed by atoms with Crippen molar-refractivity contribution in [2.75, 3.05) is 11.8 Å². The van der Waals surface area contributed by atoms with Crippen LogP contribution in [0.2, 0.25) is 0 Å². The van der Waals surface area contributed by atoms with Crippen molar-refractivity contribution >= 4 is 11.6 Å². The molecule has 3 aromatic rings. The van der Waals surface area contributed by atoms with Gasteiger partial charge in [0.15, 0.2) is 11.6 Å². The van der Waals surface area contributed by atoms with Crippen molar-refractivity contribution in [2.45, 2.75) is 26.0 Å². The zero-order chi connectivity index (χ0) is 22.3. The molecule has 2 heterocycles. The molecule has 0 saturated heterocycles. The van der Waals surface area contributed by atoms with Crippen LogP contribution >= 0.6 is 0 Å². The molecular formula is C23H19F3N2O3. The molecule has 1 aliphatic heterocycles. The van der Waals surface area contributed by atoms with Gasteiger partial charge in [0.25, 0.3) is 5.91 Å². The van der Waals surface area contributed by atoms with Crippen molar-refractivity contribution in [3.05, 3.63) is 77.0 Å². The number of alkyl halides is 1. The predicted octanol–water partition coefficient (Wildman–Crippen LogP) is 4.72. The van der Waals surface area contributed by atoms with Gasteiger partial charge in [-0.15, -0.1) is 0 Å². The number of benzene rings is 2. The van der Waals surface area contributed by atoms with Gasteiger partial charge < -0.3 is 14.7 Å². The lowest BCUT2D eigenvalue weighted by Gasteiger charge is -2.20. The number of rotatable bonds is 5. The van der Waals surface area contributed by atoms with E-state index >= 15 is 0 Å². The average Bonchev–Trinajstić information content (AvgIpc) is 3.07. The number of pyridine rings is 1. The second-order valence-electron chi connectivity index (χ2n) is 7.70. The van der Waals surface area contributed by atoms with Gasteiger partial charge in [0.2, 0.25) is 6.86 Å². The number of amides is 1. The van der Waals surface area contributed by atoms with Crippen LogP contribution in [-0.2, 0) is 12.1 Å². The van der Waals surface area contributed by atoms with Crippen molar-refractivity contribution in [1.29, 1.82) is 0 Å². The largest absolute Gasteiger partial charge is 0.462 e. The molecule has 1 N–H and O–H groups in total. The normalized spacial score (nSPS) is 13.5. The average molecular weight is 428 g/mol. The summed E-state index contributed by atoms with van der Waals surface area (Å²) in [4.78, 5) is 18.8. The maximum absolute atomic E-state index is 13.9. The number of fused-ring (bicyclic) bond motifs is 1. The first-order valence-electron chi connectivity index (χ1n) is 9.51. The smallest absolute Gasteiger partial charge is 0.259 e. The first kappa shape index (κ1) is 20.9. The lowest BCUT2D eigenvalue weighted by atomic mass is 9.98. The molecule has 4 rings (SSSR count).